The van der Waals surface area contributed by atoms with Crippen LogP contribution in [0.15, 0.2) is 11.2 Å². The summed E-state index contributed by atoms with van der Waals surface area (Å²) < 4.78 is 0. The molecule has 0 saturated heterocycles. The summed E-state index contributed by atoms with van der Waals surface area (Å²) in [6.07, 6.45) is 0.913. The number of aryl methyl sites for hydroxylation is 1. The van der Waals surface area contributed by atoms with Gasteiger partial charge in [-0.1, -0.05) is 16.8 Å². The van der Waals surface area contributed by atoms with Crippen molar-refractivity contribution in [3.8, 4) is 11.5 Å². The Morgan fingerprint density at radius 2 is 2.08 bits per heavy atom. The molecule has 0 aliphatic heterocycles. The molecule has 0 aliphatic carbocycles. The average molecular weight is 202 g/mol. The van der Waals surface area contributed by atoms with Crippen molar-refractivity contribution in [3.05, 3.63) is 22.2 Å². The molecule has 0 unspecified atom stereocenters. The van der Waals surface area contributed by atoms with Crippen LogP contribution in [0, 0.1) is 6.92 Å². The predicted molar refractivity (Wildman–Crippen MR) is 48.9 cm³/mol. The summed E-state index contributed by atoms with van der Waals surface area (Å²) in [6, 6.07) is 1.37. The van der Waals surface area contributed by atoms with Crippen LogP contribution in [-0.4, -0.2) is 21.6 Å². The van der Waals surface area contributed by atoms with Gasteiger partial charge in [0, 0.05) is 0 Å². The number of aromatic hydroxyl groups is 2. The van der Waals surface area contributed by atoms with E-state index < -0.39 is 0 Å². The third kappa shape index (κ3) is 1.67. The van der Waals surface area contributed by atoms with Crippen molar-refractivity contribution in [2.24, 2.45) is 5.16 Å². The van der Waals surface area contributed by atoms with Crippen molar-refractivity contribution in [2.75, 3.05) is 0 Å². The van der Waals surface area contributed by atoms with E-state index in [4.69, 9.17) is 16.8 Å². The number of halogens is 1. The maximum atomic E-state index is 9.40. The molecule has 4 nitrogen and oxygen atoms in total. The zero-order chi connectivity index (χ0) is 10.0. The molecule has 0 aliphatic rings. The summed E-state index contributed by atoms with van der Waals surface area (Å²) in [5.41, 5.74) is 0.546. The summed E-state index contributed by atoms with van der Waals surface area (Å²) in [5, 5.41) is 29.8. The summed E-state index contributed by atoms with van der Waals surface area (Å²) in [4.78, 5) is 0. The van der Waals surface area contributed by atoms with Crippen LogP contribution in [0.3, 0.4) is 0 Å². The fourth-order valence-electron chi connectivity index (χ4n) is 0.958. The lowest BCUT2D eigenvalue weighted by Gasteiger charge is -2.06. The van der Waals surface area contributed by atoms with Crippen LogP contribution < -0.4 is 0 Å². The normalized spacial score (nSPS) is 10.9. The topological polar surface area (TPSA) is 73.1 Å². The first kappa shape index (κ1) is 9.67. The van der Waals surface area contributed by atoms with Crippen molar-refractivity contribution in [3.63, 3.8) is 0 Å². The molecule has 3 N–H and O–H groups in total. The number of oxime groups is 1. The highest BCUT2D eigenvalue weighted by Crippen LogP contribution is 2.35. The summed E-state index contributed by atoms with van der Waals surface area (Å²) in [5.74, 6) is -0.478. The van der Waals surface area contributed by atoms with Crippen molar-refractivity contribution >= 4 is 17.8 Å². The number of hydrogen-bond donors (Lipinski definition) is 3. The first-order chi connectivity index (χ1) is 6.07. The summed E-state index contributed by atoms with van der Waals surface area (Å²) in [7, 11) is 0. The molecule has 0 spiro atoms. The number of rotatable bonds is 1. The molecule has 1 rings (SSSR count). The summed E-state index contributed by atoms with van der Waals surface area (Å²) in [6.45, 7) is 1.64. The lowest BCUT2D eigenvalue weighted by molar-refractivity contribution is 0.321. The summed E-state index contributed by atoms with van der Waals surface area (Å²) >= 11 is 5.69. The van der Waals surface area contributed by atoms with Crippen LogP contribution in [0.25, 0.3) is 0 Å². The van der Waals surface area contributed by atoms with Gasteiger partial charge in [-0.25, -0.2) is 0 Å². The second-order valence-corrected chi connectivity index (χ2v) is 2.91. The molecular formula is C8H8ClNO3. The average Bonchev–Trinajstić information content (AvgIpc) is 2.09. The Hall–Kier alpha value is -1.42. The lowest BCUT2D eigenvalue weighted by Crippen LogP contribution is -1.87. The van der Waals surface area contributed by atoms with E-state index in [0.29, 0.717) is 5.56 Å². The van der Waals surface area contributed by atoms with E-state index in [0.717, 1.165) is 6.21 Å². The Balaban J connectivity index is 3.43. The van der Waals surface area contributed by atoms with E-state index in [2.05, 4.69) is 5.16 Å². The van der Waals surface area contributed by atoms with Crippen molar-refractivity contribution < 1.29 is 15.4 Å². The number of phenolic OH excluding ortho intramolecular Hbond substituents is 2. The van der Waals surface area contributed by atoms with Gasteiger partial charge in [-0.05, 0) is 18.6 Å². The van der Waals surface area contributed by atoms with Gasteiger partial charge < -0.3 is 15.4 Å². The Morgan fingerprint density at radius 3 is 2.62 bits per heavy atom. The van der Waals surface area contributed by atoms with Gasteiger partial charge in [0.2, 0.25) is 0 Å². The van der Waals surface area contributed by atoms with Gasteiger partial charge >= 0.3 is 0 Å². The van der Waals surface area contributed by atoms with Gasteiger partial charge in [-0.15, -0.1) is 0 Å². The maximum absolute atomic E-state index is 9.40. The van der Waals surface area contributed by atoms with Gasteiger partial charge in [0.15, 0.2) is 0 Å². The first-order valence-electron chi connectivity index (χ1n) is 3.46. The van der Waals surface area contributed by atoms with Crippen LogP contribution in [0.2, 0.25) is 5.02 Å². The molecule has 0 atom stereocenters. The van der Waals surface area contributed by atoms with Gasteiger partial charge in [-0.2, -0.15) is 0 Å². The largest absolute Gasteiger partial charge is 0.507 e. The van der Waals surface area contributed by atoms with Gasteiger partial charge in [0.05, 0.1) is 16.8 Å². The highest BCUT2D eigenvalue weighted by Gasteiger charge is 2.12. The molecule has 1 aromatic rings. The molecule has 5 heteroatoms. The Bertz CT molecular complexity index is 363. The van der Waals surface area contributed by atoms with Crippen LogP contribution in [0.5, 0.6) is 11.5 Å². The second-order valence-electron chi connectivity index (χ2n) is 2.53. The number of hydrogen-bond acceptors (Lipinski definition) is 4. The Morgan fingerprint density at radius 1 is 1.46 bits per heavy atom. The van der Waals surface area contributed by atoms with Crippen molar-refractivity contribution in [1.82, 2.24) is 0 Å². The molecule has 1 aromatic carbocycles. The fourth-order valence-corrected chi connectivity index (χ4v) is 1.11. The van der Waals surface area contributed by atoms with Crippen molar-refractivity contribution in [2.45, 2.75) is 6.92 Å². The Labute approximate surface area is 79.7 Å². The molecule has 0 bridgehead atoms. The third-order valence-electron chi connectivity index (χ3n) is 1.63. The minimum Gasteiger partial charge on any atom is -0.507 e. The minimum atomic E-state index is -0.294. The smallest absolute Gasteiger partial charge is 0.147 e. The number of nitrogens with zero attached hydrogens (tertiary/aromatic N) is 1. The molecule has 0 amide bonds. The van der Waals surface area contributed by atoms with Crippen LogP contribution >= 0.6 is 11.6 Å². The minimum absolute atomic E-state index is 0.00176. The standard InChI is InChI=1S/C8H8ClNO3/c1-4-2-6(11)5(3-10-13)8(12)7(4)9/h2-3,11-13H,1H3/b10-3+. The monoisotopic (exact) mass is 201 g/mol. The number of benzene rings is 1. The van der Waals surface area contributed by atoms with Gasteiger partial charge in [0.1, 0.15) is 11.5 Å². The number of phenols is 2. The molecule has 0 saturated carbocycles. The van der Waals surface area contributed by atoms with E-state index in [-0.39, 0.29) is 22.1 Å². The van der Waals surface area contributed by atoms with E-state index in [1.54, 1.807) is 6.92 Å². The zero-order valence-electron chi connectivity index (χ0n) is 6.82. The van der Waals surface area contributed by atoms with Crippen LogP contribution in [0.4, 0.5) is 0 Å². The molecule has 13 heavy (non-hydrogen) atoms. The quantitative estimate of drug-likeness (QED) is 0.369. The highest BCUT2D eigenvalue weighted by atomic mass is 35.5. The molecule has 0 fully saturated rings. The maximum Gasteiger partial charge on any atom is 0.147 e. The highest BCUT2D eigenvalue weighted by molar-refractivity contribution is 6.33. The van der Waals surface area contributed by atoms with E-state index in [9.17, 15) is 10.2 Å². The van der Waals surface area contributed by atoms with Crippen molar-refractivity contribution in [1.29, 1.82) is 0 Å². The van der Waals surface area contributed by atoms with Gasteiger partial charge in [-0.3, -0.25) is 0 Å². The van der Waals surface area contributed by atoms with Gasteiger partial charge in [0.25, 0.3) is 0 Å². The van der Waals surface area contributed by atoms with E-state index in [1.807, 2.05) is 0 Å². The second kappa shape index (κ2) is 3.53. The van der Waals surface area contributed by atoms with E-state index in [1.165, 1.54) is 6.07 Å². The SMILES string of the molecule is Cc1cc(O)c(/C=N/O)c(O)c1Cl. The van der Waals surface area contributed by atoms with Crippen LogP contribution in [0.1, 0.15) is 11.1 Å². The van der Waals surface area contributed by atoms with Crippen LogP contribution in [-0.2, 0) is 0 Å². The molecule has 70 valence electrons. The molecule has 0 radical (unpaired) electrons. The first-order valence-corrected chi connectivity index (χ1v) is 3.84. The predicted octanol–water partition coefficient (Wildman–Crippen LogP) is 1.87. The molecule has 0 heterocycles. The third-order valence-corrected chi connectivity index (χ3v) is 2.10. The fraction of sp³-hybridized carbons (Fsp3) is 0.125. The Kier molecular flexibility index (Phi) is 2.63. The zero-order valence-corrected chi connectivity index (χ0v) is 7.58. The lowest BCUT2D eigenvalue weighted by atomic mass is 10.1. The molecule has 0 aromatic heterocycles. The van der Waals surface area contributed by atoms with E-state index >= 15 is 0 Å². The molecular weight excluding hydrogens is 194 g/mol.